The Morgan fingerprint density at radius 2 is 2.00 bits per heavy atom. The molecule has 0 amide bonds. The van der Waals surface area contributed by atoms with E-state index < -0.39 is 9.84 Å². The second-order valence-corrected chi connectivity index (χ2v) is 4.23. The van der Waals surface area contributed by atoms with Crippen LogP contribution in [0.2, 0.25) is 0 Å². The van der Waals surface area contributed by atoms with Gasteiger partial charge in [0.15, 0.2) is 0 Å². The summed E-state index contributed by atoms with van der Waals surface area (Å²) in [7, 11) is -2.91. The number of aliphatic hydroxyl groups is 1. The average Bonchev–Trinajstić information content (AvgIpc) is 1.78. The number of sulfone groups is 1. The summed E-state index contributed by atoms with van der Waals surface area (Å²) in [6.07, 6.45) is 1.15. The number of hydrogen-bond acceptors (Lipinski definition) is 4. The zero-order chi connectivity index (χ0) is 8.04. The summed E-state index contributed by atoms with van der Waals surface area (Å²) < 4.78 is 25.6. The van der Waals surface area contributed by atoms with Gasteiger partial charge in [0.05, 0.1) is 25.6 Å². The maximum atomic E-state index is 10.5. The molecule has 0 radical (unpaired) electrons. The van der Waals surface area contributed by atoms with Crippen LogP contribution in [0.5, 0.6) is 0 Å². The molecule has 0 aliphatic carbocycles. The lowest BCUT2D eigenvalue weighted by molar-refractivity contribution is 0.103. The lowest BCUT2D eigenvalue weighted by Crippen LogP contribution is -2.11. The van der Waals surface area contributed by atoms with Crippen LogP contribution in [-0.4, -0.2) is 45.4 Å². The quantitative estimate of drug-likeness (QED) is 0.537. The van der Waals surface area contributed by atoms with Crippen molar-refractivity contribution in [2.24, 2.45) is 0 Å². The van der Waals surface area contributed by atoms with Gasteiger partial charge in [0, 0.05) is 6.26 Å². The molecule has 10 heavy (non-hydrogen) atoms. The van der Waals surface area contributed by atoms with Crippen molar-refractivity contribution in [2.75, 3.05) is 31.8 Å². The molecule has 4 nitrogen and oxygen atoms in total. The lowest BCUT2D eigenvalue weighted by atomic mass is 10.7. The van der Waals surface area contributed by atoms with Gasteiger partial charge in [0.2, 0.25) is 0 Å². The molecule has 0 aromatic heterocycles. The van der Waals surface area contributed by atoms with Gasteiger partial charge in [-0.05, 0) is 0 Å². The zero-order valence-corrected chi connectivity index (χ0v) is 6.73. The van der Waals surface area contributed by atoms with Crippen LogP contribution in [0.3, 0.4) is 0 Å². The Balaban J connectivity index is 3.21. The monoisotopic (exact) mass is 168 g/mol. The van der Waals surface area contributed by atoms with E-state index in [0.717, 1.165) is 6.26 Å². The van der Waals surface area contributed by atoms with Gasteiger partial charge in [-0.25, -0.2) is 8.42 Å². The van der Waals surface area contributed by atoms with Crippen molar-refractivity contribution in [3.8, 4) is 0 Å². The number of ether oxygens (including phenoxy) is 1. The first kappa shape index (κ1) is 9.87. The van der Waals surface area contributed by atoms with Crippen molar-refractivity contribution in [1.29, 1.82) is 0 Å². The van der Waals surface area contributed by atoms with Crippen LogP contribution in [0.25, 0.3) is 0 Å². The van der Waals surface area contributed by atoms with Crippen LogP contribution in [0.4, 0.5) is 0 Å². The predicted molar refractivity (Wildman–Crippen MR) is 37.6 cm³/mol. The molecule has 0 fully saturated rings. The SMILES string of the molecule is CS(=O)(=O)CCOCCO. The third-order valence-electron chi connectivity index (χ3n) is 0.834. The van der Waals surface area contributed by atoms with Gasteiger partial charge >= 0.3 is 0 Å². The third kappa shape index (κ3) is 7.87. The van der Waals surface area contributed by atoms with E-state index >= 15 is 0 Å². The molecule has 0 aromatic carbocycles. The second-order valence-electron chi connectivity index (χ2n) is 1.97. The minimum absolute atomic E-state index is 0.0208. The highest BCUT2D eigenvalue weighted by Crippen LogP contribution is 1.82. The van der Waals surface area contributed by atoms with E-state index in [1.165, 1.54) is 0 Å². The molecule has 0 aromatic rings. The maximum Gasteiger partial charge on any atom is 0.149 e. The fraction of sp³-hybridized carbons (Fsp3) is 1.00. The summed E-state index contributed by atoms with van der Waals surface area (Å²) in [6.45, 7) is 0.304. The Morgan fingerprint density at radius 3 is 2.40 bits per heavy atom. The Hall–Kier alpha value is -0.130. The Morgan fingerprint density at radius 1 is 1.40 bits per heavy atom. The van der Waals surface area contributed by atoms with Gasteiger partial charge in [-0.2, -0.15) is 0 Å². The molecule has 0 rings (SSSR count). The van der Waals surface area contributed by atoms with Crippen LogP contribution in [-0.2, 0) is 14.6 Å². The highest BCUT2D eigenvalue weighted by atomic mass is 32.2. The van der Waals surface area contributed by atoms with Crippen LogP contribution < -0.4 is 0 Å². The molecule has 0 atom stereocenters. The van der Waals surface area contributed by atoms with E-state index in [4.69, 9.17) is 9.84 Å². The van der Waals surface area contributed by atoms with E-state index in [2.05, 4.69) is 0 Å². The first-order valence-electron chi connectivity index (χ1n) is 2.92. The molecule has 0 heterocycles. The molecule has 62 valence electrons. The molecular formula is C5H12O4S. The normalized spacial score (nSPS) is 11.8. The molecule has 0 bridgehead atoms. The first-order valence-corrected chi connectivity index (χ1v) is 4.98. The molecule has 1 N–H and O–H groups in total. The largest absolute Gasteiger partial charge is 0.394 e. The van der Waals surface area contributed by atoms with Crippen molar-refractivity contribution < 1.29 is 18.3 Å². The van der Waals surface area contributed by atoms with E-state index in [1.54, 1.807) is 0 Å². The minimum atomic E-state index is -2.91. The van der Waals surface area contributed by atoms with Gasteiger partial charge in [-0.1, -0.05) is 0 Å². The maximum absolute atomic E-state index is 10.5. The zero-order valence-electron chi connectivity index (χ0n) is 5.91. The molecule has 0 saturated carbocycles. The fourth-order valence-electron chi connectivity index (χ4n) is 0.377. The highest BCUT2D eigenvalue weighted by Gasteiger charge is 1.99. The molecule has 5 heteroatoms. The summed E-state index contributed by atoms with van der Waals surface area (Å²) in [5.74, 6) is 0.0208. The van der Waals surface area contributed by atoms with Gasteiger partial charge in [-0.3, -0.25) is 0 Å². The molecule has 0 saturated heterocycles. The van der Waals surface area contributed by atoms with Crippen LogP contribution in [0.1, 0.15) is 0 Å². The van der Waals surface area contributed by atoms with Crippen molar-refractivity contribution >= 4 is 9.84 Å². The van der Waals surface area contributed by atoms with E-state index in [-0.39, 0.29) is 25.6 Å². The summed E-state index contributed by atoms with van der Waals surface area (Å²) in [5.41, 5.74) is 0. The van der Waals surface area contributed by atoms with Gasteiger partial charge in [-0.15, -0.1) is 0 Å². The van der Waals surface area contributed by atoms with Crippen molar-refractivity contribution in [3.63, 3.8) is 0 Å². The predicted octanol–water partition coefficient (Wildman–Crippen LogP) is -0.960. The summed E-state index contributed by atoms with van der Waals surface area (Å²) in [4.78, 5) is 0. The topological polar surface area (TPSA) is 63.6 Å². The average molecular weight is 168 g/mol. The van der Waals surface area contributed by atoms with Crippen molar-refractivity contribution in [1.82, 2.24) is 0 Å². The van der Waals surface area contributed by atoms with Crippen LogP contribution in [0.15, 0.2) is 0 Å². The summed E-state index contributed by atoms with van der Waals surface area (Å²) in [6, 6.07) is 0. The van der Waals surface area contributed by atoms with Crippen molar-refractivity contribution in [2.45, 2.75) is 0 Å². The molecule has 0 aliphatic rings. The highest BCUT2D eigenvalue weighted by molar-refractivity contribution is 7.90. The van der Waals surface area contributed by atoms with Crippen LogP contribution in [0, 0.1) is 0 Å². The molecule has 0 aliphatic heterocycles. The lowest BCUT2D eigenvalue weighted by Gasteiger charge is -1.98. The summed E-state index contributed by atoms with van der Waals surface area (Å²) >= 11 is 0. The smallest absolute Gasteiger partial charge is 0.149 e. The summed E-state index contributed by atoms with van der Waals surface area (Å²) in [5, 5.41) is 8.22. The number of hydrogen-bond donors (Lipinski definition) is 1. The Kier molecular flexibility index (Phi) is 4.59. The van der Waals surface area contributed by atoms with E-state index in [9.17, 15) is 8.42 Å². The Bertz CT molecular complexity index is 160. The van der Waals surface area contributed by atoms with Gasteiger partial charge in [0.25, 0.3) is 0 Å². The first-order chi connectivity index (χ1) is 4.56. The van der Waals surface area contributed by atoms with Gasteiger partial charge < -0.3 is 9.84 Å². The van der Waals surface area contributed by atoms with Gasteiger partial charge in [0.1, 0.15) is 9.84 Å². The molecule has 0 unspecified atom stereocenters. The number of aliphatic hydroxyl groups excluding tert-OH is 1. The van der Waals surface area contributed by atoms with Crippen LogP contribution >= 0.6 is 0 Å². The fourth-order valence-corrected chi connectivity index (χ4v) is 0.798. The third-order valence-corrected chi connectivity index (χ3v) is 1.74. The Labute approximate surface area is 60.7 Å². The second kappa shape index (κ2) is 4.65. The minimum Gasteiger partial charge on any atom is -0.394 e. The van der Waals surface area contributed by atoms with Crippen molar-refractivity contribution in [3.05, 3.63) is 0 Å². The standard InChI is InChI=1S/C5H12O4S/c1-10(7,8)5-4-9-3-2-6/h6H,2-5H2,1H3. The molecular weight excluding hydrogens is 156 g/mol. The van der Waals surface area contributed by atoms with E-state index in [1.807, 2.05) is 0 Å². The van der Waals surface area contributed by atoms with E-state index in [0.29, 0.717) is 0 Å². The number of rotatable bonds is 5. The molecule has 0 spiro atoms.